The number of benzene rings is 1. The highest BCUT2D eigenvalue weighted by molar-refractivity contribution is 5.94. The van der Waals surface area contributed by atoms with Gasteiger partial charge in [-0.15, -0.1) is 0 Å². The molecule has 6 nitrogen and oxygen atoms in total. The fourth-order valence-corrected chi connectivity index (χ4v) is 2.83. The third kappa shape index (κ3) is 5.33. The number of hydrogen-bond donors (Lipinski definition) is 3. The molecule has 0 aromatic heterocycles. The molecule has 0 saturated carbocycles. The first kappa shape index (κ1) is 17.4. The number of carbonyl (C=O) groups is 2. The number of nitrogens with zero attached hydrogens (tertiary/aromatic N) is 1. The lowest BCUT2D eigenvalue weighted by Crippen LogP contribution is -2.45. The predicted octanol–water partition coefficient (Wildman–Crippen LogP) is 0.346. The second kappa shape index (κ2) is 8.64. The third-order valence-electron chi connectivity index (χ3n) is 4.23. The standard InChI is InChI=1S/C17H26N4O2/c1-18-17(23)14-5-3-4-13(10-14)11-20-16(22)12-21(2)15-6-8-19-9-7-15/h3-5,10,15,19H,6-9,11-12H2,1-2H3,(H,18,23)(H,20,22). The topological polar surface area (TPSA) is 73.5 Å². The van der Waals surface area contributed by atoms with Crippen LogP contribution in [0.3, 0.4) is 0 Å². The number of amides is 2. The van der Waals surface area contributed by atoms with E-state index in [0.29, 0.717) is 24.7 Å². The van der Waals surface area contributed by atoms with E-state index in [-0.39, 0.29) is 11.8 Å². The van der Waals surface area contributed by atoms with Crippen LogP contribution in [-0.2, 0) is 11.3 Å². The summed E-state index contributed by atoms with van der Waals surface area (Å²) >= 11 is 0. The van der Waals surface area contributed by atoms with Crippen molar-refractivity contribution in [2.24, 2.45) is 0 Å². The van der Waals surface area contributed by atoms with E-state index < -0.39 is 0 Å². The van der Waals surface area contributed by atoms with Crippen LogP contribution >= 0.6 is 0 Å². The Morgan fingerprint density at radius 2 is 2.04 bits per heavy atom. The lowest BCUT2D eigenvalue weighted by Gasteiger charge is -2.31. The Labute approximate surface area is 137 Å². The maximum Gasteiger partial charge on any atom is 0.251 e. The van der Waals surface area contributed by atoms with Gasteiger partial charge in [-0.3, -0.25) is 14.5 Å². The van der Waals surface area contributed by atoms with Gasteiger partial charge in [0.2, 0.25) is 5.91 Å². The van der Waals surface area contributed by atoms with Crippen molar-refractivity contribution in [1.29, 1.82) is 0 Å². The Balaban J connectivity index is 1.80. The smallest absolute Gasteiger partial charge is 0.251 e. The quantitative estimate of drug-likeness (QED) is 0.707. The maximum atomic E-state index is 12.1. The number of rotatable bonds is 6. The summed E-state index contributed by atoms with van der Waals surface area (Å²) in [5.41, 5.74) is 1.52. The Morgan fingerprint density at radius 3 is 2.74 bits per heavy atom. The molecule has 6 heteroatoms. The first-order chi connectivity index (χ1) is 11.1. The lowest BCUT2D eigenvalue weighted by atomic mass is 10.1. The summed E-state index contributed by atoms with van der Waals surface area (Å²) in [6.45, 7) is 2.87. The third-order valence-corrected chi connectivity index (χ3v) is 4.23. The molecule has 0 unspecified atom stereocenters. The van der Waals surface area contributed by atoms with Gasteiger partial charge in [-0.05, 0) is 50.7 Å². The summed E-state index contributed by atoms with van der Waals surface area (Å²) in [5, 5.41) is 8.85. The largest absolute Gasteiger partial charge is 0.355 e. The molecular formula is C17H26N4O2. The van der Waals surface area contributed by atoms with Gasteiger partial charge in [-0.1, -0.05) is 12.1 Å². The molecule has 1 aliphatic heterocycles. The number of likely N-dealkylation sites (N-methyl/N-ethyl adjacent to an activating group) is 1. The molecule has 0 bridgehead atoms. The molecule has 1 aromatic carbocycles. The minimum absolute atomic E-state index is 0.0105. The van der Waals surface area contributed by atoms with Gasteiger partial charge in [0.15, 0.2) is 0 Å². The van der Waals surface area contributed by atoms with Gasteiger partial charge < -0.3 is 16.0 Å². The zero-order valence-electron chi connectivity index (χ0n) is 13.9. The average Bonchev–Trinajstić information content (AvgIpc) is 2.60. The van der Waals surface area contributed by atoms with Crippen molar-refractivity contribution in [3.05, 3.63) is 35.4 Å². The highest BCUT2D eigenvalue weighted by atomic mass is 16.2. The van der Waals surface area contributed by atoms with Crippen LogP contribution in [0, 0.1) is 0 Å². The molecule has 2 amide bonds. The molecule has 1 aromatic rings. The highest BCUT2D eigenvalue weighted by Crippen LogP contribution is 2.09. The van der Waals surface area contributed by atoms with Gasteiger partial charge in [0, 0.05) is 25.2 Å². The molecule has 0 radical (unpaired) electrons. The van der Waals surface area contributed by atoms with Crippen LogP contribution in [0.1, 0.15) is 28.8 Å². The Hall–Kier alpha value is -1.92. The SMILES string of the molecule is CNC(=O)c1cccc(CNC(=O)CN(C)C2CCNCC2)c1. The van der Waals surface area contributed by atoms with Gasteiger partial charge in [-0.2, -0.15) is 0 Å². The average molecular weight is 318 g/mol. The van der Waals surface area contributed by atoms with Crippen molar-refractivity contribution in [3.63, 3.8) is 0 Å². The number of piperidine rings is 1. The number of nitrogens with one attached hydrogen (secondary N) is 3. The fourth-order valence-electron chi connectivity index (χ4n) is 2.83. The monoisotopic (exact) mass is 318 g/mol. The summed E-state index contributed by atoms with van der Waals surface area (Å²) in [6, 6.07) is 7.76. The van der Waals surface area contributed by atoms with Crippen molar-refractivity contribution in [2.75, 3.05) is 33.7 Å². The minimum Gasteiger partial charge on any atom is -0.355 e. The van der Waals surface area contributed by atoms with E-state index in [0.717, 1.165) is 31.5 Å². The van der Waals surface area contributed by atoms with E-state index in [1.807, 2.05) is 19.2 Å². The van der Waals surface area contributed by atoms with E-state index in [2.05, 4.69) is 20.9 Å². The second-order valence-electron chi connectivity index (χ2n) is 5.95. The lowest BCUT2D eigenvalue weighted by molar-refractivity contribution is -0.122. The molecule has 0 atom stereocenters. The first-order valence-electron chi connectivity index (χ1n) is 8.09. The molecule has 126 valence electrons. The van der Waals surface area contributed by atoms with E-state index in [1.54, 1.807) is 19.2 Å². The molecule has 1 aliphatic rings. The zero-order chi connectivity index (χ0) is 16.7. The first-order valence-corrected chi connectivity index (χ1v) is 8.09. The Bertz CT molecular complexity index is 541. The summed E-state index contributed by atoms with van der Waals surface area (Å²) in [5.74, 6) is -0.111. The van der Waals surface area contributed by atoms with Gasteiger partial charge in [0.05, 0.1) is 6.54 Å². The van der Waals surface area contributed by atoms with Crippen LogP contribution in [0.5, 0.6) is 0 Å². The van der Waals surface area contributed by atoms with Gasteiger partial charge in [0.1, 0.15) is 0 Å². The molecule has 23 heavy (non-hydrogen) atoms. The molecular weight excluding hydrogens is 292 g/mol. The van der Waals surface area contributed by atoms with Crippen molar-refractivity contribution in [2.45, 2.75) is 25.4 Å². The normalized spacial score (nSPS) is 15.4. The van der Waals surface area contributed by atoms with E-state index in [1.165, 1.54) is 0 Å². The Morgan fingerprint density at radius 1 is 1.30 bits per heavy atom. The van der Waals surface area contributed by atoms with Gasteiger partial charge in [-0.25, -0.2) is 0 Å². The van der Waals surface area contributed by atoms with Gasteiger partial charge >= 0.3 is 0 Å². The predicted molar refractivity (Wildman–Crippen MR) is 90.2 cm³/mol. The minimum atomic E-state index is -0.121. The van der Waals surface area contributed by atoms with Crippen molar-refractivity contribution < 1.29 is 9.59 Å². The van der Waals surface area contributed by atoms with Crippen molar-refractivity contribution in [1.82, 2.24) is 20.9 Å². The maximum absolute atomic E-state index is 12.1. The fraction of sp³-hybridized carbons (Fsp3) is 0.529. The van der Waals surface area contributed by atoms with Crippen LogP contribution in [-0.4, -0.2) is 56.5 Å². The summed E-state index contributed by atoms with van der Waals surface area (Å²) in [4.78, 5) is 25.8. The van der Waals surface area contributed by atoms with Crippen LogP contribution in [0.2, 0.25) is 0 Å². The van der Waals surface area contributed by atoms with Crippen LogP contribution in [0.25, 0.3) is 0 Å². The highest BCUT2D eigenvalue weighted by Gasteiger charge is 2.19. The molecule has 0 spiro atoms. The van der Waals surface area contributed by atoms with Crippen LogP contribution < -0.4 is 16.0 Å². The van der Waals surface area contributed by atoms with Crippen molar-refractivity contribution >= 4 is 11.8 Å². The van der Waals surface area contributed by atoms with Crippen molar-refractivity contribution in [3.8, 4) is 0 Å². The molecule has 0 aliphatic carbocycles. The molecule has 2 rings (SSSR count). The van der Waals surface area contributed by atoms with E-state index in [4.69, 9.17) is 0 Å². The summed E-state index contributed by atoms with van der Waals surface area (Å²) in [6.07, 6.45) is 2.16. The number of carbonyl (C=O) groups excluding carboxylic acids is 2. The van der Waals surface area contributed by atoms with Gasteiger partial charge in [0.25, 0.3) is 5.91 Å². The van der Waals surface area contributed by atoms with Crippen LogP contribution in [0.4, 0.5) is 0 Å². The molecule has 1 saturated heterocycles. The van der Waals surface area contributed by atoms with E-state index >= 15 is 0 Å². The zero-order valence-corrected chi connectivity index (χ0v) is 13.9. The summed E-state index contributed by atoms with van der Waals surface area (Å²) in [7, 11) is 3.61. The number of hydrogen-bond acceptors (Lipinski definition) is 4. The van der Waals surface area contributed by atoms with Crippen LogP contribution in [0.15, 0.2) is 24.3 Å². The molecule has 1 heterocycles. The van der Waals surface area contributed by atoms with E-state index in [9.17, 15) is 9.59 Å². The Kier molecular flexibility index (Phi) is 6.55. The second-order valence-corrected chi connectivity index (χ2v) is 5.95. The summed E-state index contributed by atoms with van der Waals surface area (Å²) < 4.78 is 0. The molecule has 3 N–H and O–H groups in total. The molecule has 1 fully saturated rings.